The normalized spacial score (nSPS) is 25.6. The Morgan fingerprint density at radius 1 is 1.31 bits per heavy atom. The minimum absolute atomic E-state index is 0.235. The topological polar surface area (TPSA) is 20.3 Å². The lowest BCUT2D eigenvalue weighted by molar-refractivity contribution is -0.151. The summed E-state index contributed by atoms with van der Waals surface area (Å²) in [7, 11) is 0. The first-order valence-electron chi connectivity index (χ1n) is 6.51. The van der Waals surface area contributed by atoms with Gasteiger partial charge in [0.25, 0.3) is 5.91 Å². The van der Waals surface area contributed by atoms with Gasteiger partial charge in [0.05, 0.1) is 0 Å². The standard InChI is InChI=1S/C13H22FNO/c1-10(2)11-4-8-15(9-5-11)12(16)13(14)6-3-7-13/h10-11H,3-9H2,1-2H3. The zero-order valence-corrected chi connectivity index (χ0v) is 10.3. The molecule has 2 nitrogen and oxygen atoms in total. The molecule has 0 N–H and O–H groups in total. The quantitative estimate of drug-likeness (QED) is 0.710. The molecule has 0 aromatic rings. The van der Waals surface area contributed by atoms with Gasteiger partial charge >= 0.3 is 0 Å². The molecule has 0 atom stereocenters. The van der Waals surface area contributed by atoms with E-state index in [1.807, 2.05) is 0 Å². The number of nitrogens with zero attached hydrogens (tertiary/aromatic N) is 1. The van der Waals surface area contributed by atoms with Crippen LogP contribution in [0.1, 0.15) is 46.0 Å². The third-order valence-electron chi connectivity index (χ3n) is 4.30. The highest BCUT2D eigenvalue weighted by atomic mass is 19.1. The van der Waals surface area contributed by atoms with E-state index in [9.17, 15) is 9.18 Å². The number of rotatable bonds is 2. The summed E-state index contributed by atoms with van der Waals surface area (Å²) in [6.07, 6.45) is 3.83. The summed E-state index contributed by atoms with van der Waals surface area (Å²) >= 11 is 0. The fourth-order valence-electron chi connectivity index (χ4n) is 2.75. The highest BCUT2D eigenvalue weighted by molar-refractivity contribution is 5.86. The van der Waals surface area contributed by atoms with Crippen LogP contribution >= 0.6 is 0 Å². The predicted molar refractivity (Wildman–Crippen MR) is 61.8 cm³/mol. The molecule has 0 aromatic carbocycles. The third-order valence-corrected chi connectivity index (χ3v) is 4.30. The van der Waals surface area contributed by atoms with Crippen LogP contribution in [0.5, 0.6) is 0 Å². The highest BCUT2D eigenvalue weighted by Crippen LogP contribution is 2.38. The first kappa shape index (κ1) is 11.9. The van der Waals surface area contributed by atoms with Crippen LogP contribution in [-0.4, -0.2) is 29.6 Å². The van der Waals surface area contributed by atoms with Crippen molar-refractivity contribution in [3.05, 3.63) is 0 Å². The maximum Gasteiger partial charge on any atom is 0.260 e. The molecule has 0 unspecified atom stereocenters. The Morgan fingerprint density at radius 2 is 1.88 bits per heavy atom. The molecule has 0 bridgehead atoms. The lowest BCUT2D eigenvalue weighted by atomic mass is 9.79. The first-order chi connectivity index (χ1) is 7.53. The highest BCUT2D eigenvalue weighted by Gasteiger charge is 2.47. The lowest BCUT2D eigenvalue weighted by Crippen LogP contribution is -2.52. The van der Waals surface area contributed by atoms with Crippen molar-refractivity contribution < 1.29 is 9.18 Å². The molecule has 2 rings (SSSR count). The second-order valence-electron chi connectivity index (χ2n) is 5.69. The van der Waals surface area contributed by atoms with Gasteiger partial charge in [-0.15, -0.1) is 0 Å². The molecule has 1 saturated heterocycles. The maximum absolute atomic E-state index is 13.9. The molecule has 0 spiro atoms. The molecule has 1 aliphatic carbocycles. The van der Waals surface area contributed by atoms with E-state index in [0.29, 0.717) is 24.7 Å². The van der Waals surface area contributed by atoms with E-state index in [2.05, 4.69) is 13.8 Å². The molecule has 1 aliphatic heterocycles. The van der Waals surface area contributed by atoms with Crippen molar-refractivity contribution in [3.8, 4) is 0 Å². The van der Waals surface area contributed by atoms with Gasteiger partial charge in [-0.05, 0) is 43.9 Å². The van der Waals surface area contributed by atoms with Crippen molar-refractivity contribution in [1.29, 1.82) is 0 Å². The Kier molecular flexibility index (Phi) is 3.22. The lowest BCUT2D eigenvalue weighted by Gasteiger charge is -2.40. The van der Waals surface area contributed by atoms with E-state index in [0.717, 1.165) is 32.4 Å². The number of halogens is 1. The fourth-order valence-corrected chi connectivity index (χ4v) is 2.75. The van der Waals surface area contributed by atoms with Crippen molar-refractivity contribution in [3.63, 3.8) is 0 Å². The van der Waals surface area contributed by atoms with Crippen molar-refractivity contribution in [2.75, 3.05) is 13.1 Å². The monoisotopic (exact) mass is 227 g/mol. The number of alkyl halides is 1. The summed E-state index contributed by atoms with van der Waals surface area (Å²) in [5.74, 6) is 1.15. The van der Waals surface area contributed by atoms with Gasteiger partial charge in [-0.2, -0.15) is 0 Å². The number of likely N-dealkylation sites (tertiary alicyclic amines) is 1. The summed E-state index contributed by atoms with van der Waals surface area (Å²) in [4.78, 5) is 13.7. The molecule has 1 amide bonds. The van der Waals surface area contributed by atoms with Crippen molar-refractivity contribution in [1.82, 2.24) is 4.90 Å². The molecule has 3 heteroatoms. The minimum Gasteiger partial charge on any atom is -0.340 e. The molecule has 0 aromatic heterocycles. The van der Waals surface area contributed by atoms with Crippen LogP contribution in [0.4, 0.5) is 4.39 Å². The molecule has 2 aliphatic rings. The summed E-state index contributed by atoms with van der Waals surface area (Å²) in [6.45, 7) is 5.97. The summed E-state index contributed by atoms with van der Waals surface area (Å²) in [5, 5.41) is 0. The van der Waals surface area contributed by atoms with Gasteiger partial charge < -0.3 is 4.90 Å². The van der Waals surface area contributed by atoms with E-state index in [-0.39, 0.29) is 5.91 Å². The number of carbonyl (C=O) groups is 1. The van der Waals surface area contributed by atoms with Crippen molar-refractivity contribution >= 4 is 5.91 Å². The Labute approximate surface area is 97.2 Å². The number of amides is 1. The molecule has 92 valence electrons. The SMILES string of the molecule is CC(C)C1CCN(C(=O)C2(F)CCC2)CC1. The number of hydrogen-bond acceptors (Lipinski definition) is 1. The van der Waals surface area contributed by atoms with Crippen LogP contribution in [0.25, 0.3) is 0 Å². The average molecular weight is 227 g/mol. The Bertz CT molecular complexity index is 265. The van der Waals surface area contributed by atoms with Gasteiger partial charge in [-0.25, -0.2) is 4.39 Å². The van der Waals surface area contributed by atoms with Crippen LogP contribution in [0.15, 0.2) is 0 Å². The Balaban J connectivity index is 1.87. The Morgan fingerprint density at radius 3 is 2.25 bits per heavy atom. The van der Waals surface area contributed by atoms with Gasteiger partial charge in [0, 0.05) is 13.1 Å². The summed E-state index contributed by atoms with van der Waals surface area (Å²) in [5.41, 5.74) is -1.50. The maximum atomic E-state index is 13.9. The van der Waals surface area contributed by atoms with Crippen LogP contribution in [0, 0.1) is 11.8 Å². The van der Waals surface area contributed by atoms with E-state index in [1.165, 1.54) is 0 Å². The fraction of sp³-hybridized carbons (Fsp3) is 0.923. The smallest absolute Gasteiger partial charge is 0.260 e. The number of hydrogen-bond donors (Lipinski definition) is 0. The van der Waals surface area contributed by atoms with E-state index in [4.69, 9.17) is 0 Å². The predicted octanol–water partition coefficient (Wildman–Crippen LogP) is 2.77. The minimum atomic E-state index is -1.50. The van der Waals surface area contributed by atoms with Crippen LogP contribution in [-0.2, 0) is 4.79 Å². The van der Waals surface area contributed by atoms with Gasteiger partial charge in [-0.1, -0.05) is 13.8 Å². The number of piperidine rings is 1. The molecule has 16 heavy (non-hydrogen) atoms. The van der Waals surface area contributed by atoms with Crippen LogP contribution < -0.4 is 0 Å². The van der Waals surface area contributed by atoms with Gasteiger partial charge in [-0.3, -0.25) is 4.79 Å². The van der Waals surface area contributed by atoms with Gasteiger partial charge in [0.15, 0.2) is 5.67 Å². The first-order valence-corrected chi connectivity index (χ1v) is 6.51. The summed E-state index contributed by atoms with van der Waals surface area (Å²) < 4.78 is 13.9. The Hall–Kier alpha value is -0.600. The van der Waals surface area contributed by atoms with E-state index in [1.54, 1.807) is 4.90 Å². The zero-order valence-electron chi connectivity index (χ0n) is 10.3. The number of carbonyl (C=O) groups excluding carboxylic acids is 1. The van der Waals surface area contributed by atoms with Crippen molar-refractivity contribution in [2.24, 2.45) is 11.8 Å². The molecule has 0 radical (unpaired) electrons. The largest absolute Gasteiger partial charge is 0.340 e. The average Bonchev–Trinajstić information content (AvgIpc) is 2.25. The van der Waals surface area contributed by atoms with Crippen LogP contribution in [0.2, 0.25) is 0 Å². The van der Waals surface area contributed by atoms with Crippen molar-refractivity contribution in [2.45, 2.75) is 51.6 Å². The van der Waals surface area contributed by atoms with Crippen LogP contribution in [0.3, 0.4) is 0 Å². The third kappa shape index (κ3) is 2.09. The molecule has 1 saturated carbocycles. The molecule has 1 heterocycles. The van der Waals surface area contributed by atoms with Gasteiger partial charge in [0.1, 0.15) is 0 Å². The molecule has 2 fully saturated rings. The van der Waals surface area contributed by atoms with E-state index < -0.39 is 5.67 Å². The van der Waals surface area contributed by atoms with E-state index >= 15 is 0 Å². The summed E-state index contributed by atoms with van der Waals surface area (Å²) in [6, 6.07) is 0. The van der Waals surface area contributed by atoms with Gasteiger partial charge in [0.2, 0.25) is 0 Å². The molecular weight excluding hydrogens is 205 g/mol. The second kappa shape index (κ2) is 4.34. The molecular formula is C13H22FNO. The second-order valence-corrected chi connectivity index (χ2v) is 5.69. The zero-order chi connectivity index (χ0) is 11.8.